The summed E-state index contributed by atoms with van der Waals surface area (Å²) >= 11 is 0. The van der Waals surface area contributed by atoms with E-state index in [1.54, 1.807) is 0 Å². The summed E-state index contributed by atoms with van der Waals surface area (Å²) in [5.41, 5.74) is 0. The summed E-state index contributed by atoms with van der Waals surface area (Å²) in [4.78, 5) is 0. The highest BCUT2D eigenvalue weighted by Gasteiger charge is 2.65. The summed E-state index contributed by atoms with van der Waals surface area (Å²) in [6.45, 7) is 4.33. The molecule has 4 saturated heterocycles. The number of fused-ring (bicyclic) bond motifs is 2. The largest absolute Gasteiger partial charge is 0.387 e. The molecule has 4 heterocycles. The Labute approximate surface area is 81.9 Å². The standard InChI is InChI=1S/C9H14O5/c1-8(2)13-7-6(10)5-3-12-9(7,14-8)4-11-5/h5-7,10H,3-4H2,1-2H3. The van der Waals surface area contributed by atoms with E-state index in [-0.39, 0.29) is 6.10 Å². The smallest absolute Gasteiger partial charge is 0.224 e. The first-order chi connectivity index (χ1) is 6.53. The molecule has 5 heteroatoms. The summed E-state index contributed by atoms with van der Waals surface area (Å²) in [5.74, 6) is -1.61. The van der Waals surface area contributed by atoms with Gasteiger partial charge >= 0.3 is 0 Å². The molecule has 4 atom stereocenters. The fraction of sp³-hybridized carbons (Fsp3) is 1.00. The SMILES string of the molecule is CC1(C)OC2C(O)C3COC2(CO3)O1. The van der Waals surface area contributed by atoms with Crippen LogP contribution >= 0.6 is 0 Å². The lowest BCUT2D eigenvalue weighted by Crippen LogP contribution is -2.67. The van der Waals surface area contributed by atoms with Crippen LogP contribution in [0.25, 0.3) is 0 Å². The quantitative estimate of drug-likeness (QED) is 0.580. The predicted octanol–water partition coefficient (Wildman–Crippen LogP) is -0.376. The molecule has 4 aliphatic heterocycles. The van der Waals surface area contributed by atoms with Gasteiger partial charge < -0.3 is 24.1 Å². The van der Waals surface area contributed by atoms with E-state index in [0.717, 1.165) is 0 Å². The van der Waals surface area contributed by atoms with Crippen molar-refractivity contribution in [2.45, 2.75) is 43.7 Å². The number of rotatable bonds is 0. The first-order valence-corrected chi connectivity index (χ1v) is 4.84. The molecule has 4 fully saturated rings. The zero-order valence-electron chi connectivity index (χ0n) is 8.23. The summed E-state index contributed by atoms with van der Waals surface area (Å²) in [6.07, 6.45) is -1.36. The van der Waals surface area contributed by atoms with Crippen molar-refractivity contribution < 1.29 is 24.1 Å². The molecule has 0 aromatic carbocycles. The molecule has 4 rings (SSSR count). The summed E-state index contributed by atoms with van der Waals surface area (Å²) in [6, 6.07) is 0. The van der Waals surface area contributed by atoms with Crippen LogP contribution in [0.5, 0.6) is 0 Å². The maximum Gasteiger partial charge on any atom is 0.224 e. The molecule has 14 heavy (non-hydrogen) atoms. The van der Waals surface area contributed by atoms with Crippen molar-refractivity contribution in [2.75, 3.05) is 13.2 Å². The van der Waals surface area contributed by atoms with Gasteiger partial charge in [-0.15, -0.1) is 0 Å². The summed E-state index contributed by atoms with van der Waals surface area (Å²) < 4.78 is 22.3. The molecule has 5 nitrogen and oxygen atoms in total. The molecule has 1 spiro atoms. The third-order valence-corrected chi connectivity index (χ3v) is 2.94. The average Bonchev–Trinajstić information content (AvgIpc) is 2.38. The lowest BCUT2D eigenvalue weighted by molar-refractivity contribution is -0.360. The molecule has 4 aliphatic rings. The van der Waals surface area contributed by atoms with E-state index in [9.17, 15) is 5.11 Å². The van der Waals surface area contributed by atoms with Crippen LogP contribution in [0.2, 0.25) is 0 Å². The van der Waals surface area contributed by atoms with Crippen molar-refractivity contribution in [2.24, 2.45) is 0 Å². The third kappa shape index (κ3) is 1.02. The van der Waals surface area contributed by atoms with E-state index in [1.807, 2.05) is 13.8 Å². The molecule has 2 bridgehead atoms. The molecule has 80 valence electrons. The van der Waals surface area contributed by atoms with Crippen molar-refractivity contribution in [1.29, 1.82) is 0 Å². The van der Waals surface area contributed by atoms with Crippen LogP contribution in [0.1, 0.15) is 13.8 Å². The monoisotopic (exact) mass is 202 g/mol. The molecule has 0 aliphatic carbocycles. The Balaban J connectivity index is 1.96. The molecule has 0 amide bonds. The van der Waals surface area contributed by atoms with Gasteiger partial charge in [-0.3, -0.25) is 0 Å². The van der Waals surface area contributed by atoms with Gasteiger partial charge in [-0.25, -0.2) is 0 Å². The number of hydrogen-bond donors (Lipinski definition) is 1. The highest BCUT2D eigenvalue weighted by molar-refractivity contribution is 5.03. The Morgan fingerprint density at radius 3 is 2.71 bits per heavy atom. The van der Waals surface area contributed by atoms with Gasteiger partial charge in [0.2, 0.25) is 5.79 Å². The normalized spacial score (nSPS) is 54.6. The number of aliphatic hydroxyl groups is 1. The molecular weight excluding hydrogens is 188 g/mol. The molecule has 1 N–H and O–H groups in total. The zero-order valence-corrected chi connectivity index (χ0v) is 8.23. The lowest BCUT2D eigenvalue weighted by atomic mass is 9.94. The Bertz CT molecular complexity index is 256. The minimum Gasteiger partial charge on any atom is -0.387 e. The lowest BCUT2D eigenvalue weighted by Gasteiger charge is -2.47. The van der Waals surface area contributed by atoms with E-state index >= 15 is 0 Å². The number of aliphatic hydroxyl groups excluding tert-OH is 1. The van der Waals surface area contributed by atoms with Gasteiger partial charge in [-0.1, -0.05) is 0 Å². The van der Waals surface area contributed by atoms with Crippen LogP contribution in [0.15, 0.2) is 0 Å². The van der Waals surface area contributed by atoms with Crippen molar-refractivity contribution >= 4 is 0 Å². The number of ether oxygens (including phenoxy) is 4. The van der Waals surface area contributed by atoms with Crippen molar-refractivity contribution in [1.82, 2.24) is 0 Å². The van der Waals surface area contributed by atoms with E-state index in [4.69, 9.17) is 18.9 Å². The maximum atomic E-state index is 9.89. The van der Waals surface area contributed by atoms with Gasteiger partial charge in [0, 0.05) is 0 Å². The van der Waals surface area contributed by atoms with E-state index < -0.39 is 23.8 Å². The van der Waals surface area contributed by atoms with Crippen molar-refractivity contribution in [3.05, 3.63) is 0 Å². The van der Waals surface area contributed by atoms with Gasteiger partial charge in [0.1, 0.15) is 24.9 Å². The minimum absolute atomic E-state index is 0.278. The van der Waals surface area contributed by atoms with Crippen molar-refractivity contribution in [3.63, 3.8) is 0 Å². The molecule has 0 aromatic rings. The van der Waals surface area contributed by atoms with Crippen LogP contribution in [0.3, 0.4) is 0 Å². The first-order valence-electron chi connectivity index (χ1n) is 4.84. The Hall–Kier alpha value is -0.200. The Kier molecular flexibility index (Phi) is 1.61. The van der Waals surface area contributed by atoms with Crippen LogP contribution in [0.4, 0.5) is 0 Å². The first kappa shape index (κ1) is 9.06. The summed E-state index contributed by atoms with van der Waals surface area (Å²) in [5, 5.41) is 9.89. The van der Waals surface area contributed by atoms with Crippen LogP contribution in [0, 0.1) is 0 Å². The van der Waals surface area contributed by atoms with Crippen LogP contribution in [-0.4, -0.2) is 48.2 Å². The van der Waals surface area contributed by atoms with Gasteiger partial charge in [0.05, 0.1) is 6.61 Å². The zero-order chi connectivity index (χ0) is 9.97. The highest BCUT2D eigenvalue weighted by Crippen LogP contribution is 2.45. The van der Waals surface area contributed by atoms with Crippen molar-refractivity contribution in [3.8, 4) is 0 Å². The van der Waals surface area contributed by atoms with E-state index in [1.165, 1.54) is 0 Å². The number of hydrogen-bond acceptors (Lipinski definition) is 5. The molecular formula is C9H14O5. The van der Waals surface area contributed by atoms with E-state index in [0.29, 0.717) is 13.2 Å². The molecule has 0 radical (unpaired) electrons. The third-order valence-electron chi connectivity index (χ3n) is 2.94. The summed E-state index contributed by atoms with van der Waals surface area (Å²) in [7, 11) is 0. The second-order valence-corrected chi connectivity index (χ2v) is 4.50. The average molecular weight is 202 g/mol. The van der Waals surface area contributed by atoms with Gasteiger partial charge in [0.25, 0.3) is 0 Å². The maximum absolute atomic E-state index is 9.89. The van der Waals surface area contributed by atoms with Gasteiger partial charge in [-0.2, -0.15) is 0 Å². The van der Waals surface area contributed by atoms with Gasteiger partial charge in [-0.05, 0) is 13.8 Å². The second kappa shape index (κ2) is 2.48. The van der Waals surface area contributed by atoms with E-state index in [2.05, 4.69) is 0 Å². The molecule has 4 unspecified atom stereocenters. The highest BCUT2D eigenvalue weighted by atomic mass is 16.9. The molecule has 0 saturated carbocycles. The van der Waals surface area contributed by atoms with Crippen LogP contribution in [-0.2, 0) is 18.9 Å². The minimum atomic E-state index is -0.891. The van der Waals surface area contributed by atoms with Gasteiger partial charge in [0.15, 0.2) is 5.79 Å². The Morgan fingerprint density at radius 1 is 1.36 bits per heavy atom. The predicted molar refractivity (Wildman–Crippen MR) is 44.5 cm³/mol. The van der Waals surface area contributed by atoms with Crippen LogP contribution < -0.4 is 0 Å². The fourth-order valence-electron chi connectivity index (χ4n) is 2.38. The second-order valence-electron chi connectivity index (χ2n) is 4.50. The fourth-order valence-corrected chi connectivity index (χ4v) is 2.38. The Morgan fingerprint density at radius 2 is 2.14 bits per heavy atom. The topological polar surface area (TPSA) is 57.2 Å². The molecule has 0 aromatic heterocycles.